The van der Waals surface area contributed by atoms with Gasteiger partial charge in [0.05, 0.1) is 0 Å². The lowest BCUT2D eigenvalue weighted by Gasteiger charge is -2.27. The number of carbonyl (C=O) groups is 3. The molecule has 0 amide bonds. The minimum absolute atomic E-state index is 0.292. The third-order valence-electron chi connectivity index (χ3n) is 12.6. The summed E-state index contributed by atoms with van der Waals surface area (Å²) in [5.41, 5.74) is 2.78. The number of rotatable bonds is 24. The van der Waals surface area contributed by atoms with E-state index in [0.29, 0.717) is 36.5 Å². The highest BCUT2D eigenvalue weighted by atomic mass is 32.1. The molecule has 0 aliphatic rings. The maximum absolute atomic E-state index is 14.9. The summed E-state index contributed by atoms with van der Waals surface area (Å²) >= 11 is 4.37. The van der Waals surface area contributed by atoms with Gasteiger partial charge in [0.1, 0.15) is 17.2 Å². The van der Waals surface area contributed by atoms with E-state index in [1.165, 1.54) is 34.0 Å². The van der Waals surface area contributed by atoms with E-state index in [0.717, 1.165) is 31.3 Å². The zero-order valence-electron chi connectivity index (χ0n) is 41.8. The first kappa shape index (κ1) is 52.7. The Morgan fingerprint density at radius 1 is 0.321 bits per heavy atom. The highest BCUT2D eigenvalue weighted by molar-refractivity contribution is 7.10. The van der Waals surface area contributed by atoms with Crippen LogP contribution in [0.4, 0.5) is 0 Å². The molecule has 0 aliphatic carbocycles. The van der Waals surface area contributed by atoms with Gasteiger partial charge < -0.3 is 28.4 Å². The molecule has 0 fully saturated rings. The number of aromatic nitrogens is 3. The molecule has 78 heavy (non-hydrogen) atoms. The Labute approximate surface area is 463 Å². The molecule has 0 bridgehead atoms. The summed E-state index contributed by atoms with van der Waals surface area (Å²) in [4.78, 5) is 61.4. The van der Waals surface area contributed by atoms with E-state index in [9.17, 15) is 14.4 Å². The van der Waals surface area contributed by atoms with E-state index >= 15 is 0 Å². The quantitative estimate of drug-likeness (QED) is 0.0419. The van der Waals surface area contributed by atoms with Crippen LogP contribution in [0.25, 0.3) is 0 Å². The van der Waals surface area contributed by atoms with Crippen LogP contribution in [0.5, 0.6) is 35.3 Å². The molecule has 10 rings (SSSR count). The highest BCUT2D eigenvalue weighted by Gasteiger charge is 2.40. The number of hydrogen-bond acceptors (Lipinski definition) is 15. The first-order valence-corrected chi connectivity index (χ1v) is 27.8. The third kappa shape index (κ3) is 14.2. The molecule has 0 N–H and O–H groups in total. The number of esters is 3. The van der Waals surface area contributed by atoms with Crippen molar-refractivity contribution in [2.45, 2.75) is 55.3 Å². The van der Waals surface area contributed by atoms with Crippen molar-refractivity contribution in [3.63, 3.8) is 0 Å². The SMILES string of the molecule is O=C(Oc1ccccc1)C(Oc1nc(OC(C(=O)Oc2ccccc2)C(Cc2ccccc2)c2cccs2)nc(OC(C(=O)Oc2ccccc2)C(Cc2ccccc2)c2cccs2)n1)C(Cc1ccccc1)c1cccs1. The largest absolute Gasteiger partial charge is 0.447 e. The summed E-state index contributed by atoms with van der Waals surface area (Å²) in [5.74, 6) is -3.30. The maximum atomic E-state index is 14.9. The summed E-state index contributed by atoms with van der Waals surface area (Å²) in [7, 11) is 0. The molecule has 0 spiro atoms. The number of hydrogen-bond donors (Lipinski definition) is 0. The minimum Gasteiger partial charge on any atom is -0.447 e. The van der Waals surface area contributed by atoms with Crippen molar-refractivity contribution in [2.24, 2.45) is 0 Å². The topological polar surface area (TPSA) is 145 Å². The van der Waals surface area contributed by atoms with Crippen LogP contribution < -0.4 is 28.4 Å². The van der Waals surface area contributed by atoms with Crippen LogP contribution in [0, 0.1) is 0 Å². The van der Waals surface area contributed by atoms with Gasteiger partial charge in [-0.05, 0) is 107 Å². The van der Waals surface area contributed by atoms with E-state index in [4.69, 9.17) is 43.4 Å². The molecular weight excluding hydrogens is 1040 g/mol. The molecule has 0 aliphatic heterocycles. The van der Waals surface area contributed by atoms with Gasteiger partial charge in [0.2, 0.25) is 18.3 Å². The van der Waals surface area contributed by atoms with E-state index in [-0.39, 0.29) is 0 Å². The number of benzene rings is 6. The zero-order valence-corrected chi connectivity index (χ0v) is 44.3. The van der Waals surface area contributed by atoms with E-state index < -0.39 is 72.0 Å². The van der Waals surface area contributed by atoms with Crippen LogP contribution in [0.2, 0.25) is 0 Å². The van der Waals surface area contributed by atoms with Gasteiger partial charge in [0, 0.05) is 32.4 Å². The van der Waals surface area contributed by atoms with Crippen LogP contribution in [0.3, 0.4) is 0 Å². The predicted molar refractivity (Wildman–Crippen MR) is 301 cm³/mol. The Balaban J connectivity index is 1.12. The summed E-state index contributed by atoms with van der Waals surface area (Å²) in [6.07, 6.45) is -3.17. The molecule has 10 aromatic rings. The molecule has 4 heterocycles. The molecule has 0 radical (unpaired) electrons. The van der Waals surface area contributed by atoms with Crippen molar-refractivity contribution in [1.82, 2.24) is 15.0 Å². The summed E-state index contributed by atoms with van der Waals surface area (Å²) in [6, 6.07) is 65.5. The fraction of sp³-hybridized carbons (Fsp3) is 0.143. The monoisotopic (exact) mass is 1090 g/mol. The van der Waals surface area contributed by atoms with Crippen LogP contribution >= 0.6 is 34.0 Å². The normalized spacial score (nSPS) is 13.4. The number of thiophene rings is 3. The lowest BCUT2D eigenvalue weighted by Crippen LogP contribution is -2.40. The summed E-state index contributed by atoms with van der Waals surface area (Å²) in [6.45, 7) is 0. The molecule has 4 aromatic heterocycles. The Bertz CT molecular complexity index is 3040. The maximum Gasteiger partial charge on any atom is 0.353 e. The lowest BCUT2D eigenvalue weighted by molar-refractivity contribution is -0.144. The van der Waals surface area contributed by atoms with Gasteiger partial charge in [-0.15, -0.1) is 49.0 Å². The Kier molecular flexibility index (Phi) is 17.8. The first-order valence-electron chi connectivity index (χ1n) is 25.2. The molecule has 15 heteroatoms. The van der Waals surface area contributed by atoms with Gasteiger partial charge in [-0.2, -0.15) is 0 Å². The summed E-state index contributed by atoms with van der Waals surface area (Å²) in [5, 5.41) is 5.78. The fourth-order valence-electron chi connectivity index (χ4n) is 8.87. The zero-order chi connectivity index (χ0) is 53.3. The van der Waals surface area contributed by atoms with Crippen molar-refractivity contribution >= 4 is 51.9 Å². The second kappa shape index (κ2) is 26.3. The minimum atomic E-state index is -1.40. The molecule has 6 unspecified atom stereocenters. The molecular formula is C63H51N3O9S3. The molecule has 0 saturated heterocycles. The molecule has 390 valence electrons. The average Bonchev–Trinajstić information content (AvgIpc) is 4.36. The molecule has 12 nitrogen and oxygen atoms in total. The van der Waals surface area contributed by atoms with Gasteiger partial charge in [0.15, 0.2) is 0 Å². The van der Waals surface area contributed by atoms with Gasteiger partial charge >= 0.3 is 35.9 Å². The third-order valence-corrected chi connectivity index (χ3v) is 15.6. The van der Waals surface area contributed by atoms with Crippen LogP contribution in [0.1, 0.15) is 49.1 Å². The lowest BCUT2D eigenvalue weighted by atomic mass is 9.92. The smallest absolute Gasteiger partial charge is 0.353 e. The van der Waals surface area contributed by atoms with Crippen LogP contribution in [-0.4, -0.2) is 51.2 Å². The van der Waals surface area contributed by atoms with Crippen LogP contribution in [0.15, 0.2) is 235 Å². The number of nitrogens with zero attached hydrogens (tertiary/aromatic N) is 3. The second-order valence-corrected chi connectivity index (χ2v) is 20.9. The van der Waals surface area contributed by atoms with Crippen molar-refractivity contribution in [3.8, 4) is 35.3 Å². The Morgan fingerprint density at radius 2 is 0.564 bits per heavy atom. The van der Waals surface area contributed by atoms with Crippen molar-refractivity contribution in [3.05, 3.63) is 266 Å². The highest BCUT2D eigenvalue weighted by Crippen LogP contribution is 2.37. The Hall–Kier alpha value is -8.76. The second-order valence-electron chi connectivity index (χ2n) is 17.9. The fourth-order valence-corrected chi connectivity index (χ4v) is 11.4. The van der Waals surface area contributed by atoms with Crippen molar-refractivity contribution in [1.29, 1.82) is 0 Å². The number of ether oxygens (including phenoxy) is 6. The average molecular weight is 1090 g/mol. The van der Waals surface area contributed by atoms with Crippen molar-refractivity contribution in [2.75, 3.05) is 0 Å². The van der Waals surface area contributed by atoms with E-state index in [1.54, 1.807) is 72.8 Å². The summed E-state index contributed by atoms with van der Waals surface area (Å²) < 4.78 is 38.6. The molecule has 0 saturated carbocycles. The van der Waals surface area contributed by atoms with Gasteiger partial charge in [-0.3, -0.25) is 0 Å². The van der Waals surface area contributed by atoms with E-state index in [1.807, 2.05) is 162 Å². The predicted octanol–water partition coefficient (Wildman–Crippen LogP) is 13.2. The van der Waals surface area contributed by atoms with E-state index in [2.05, 4.69) is 0 Å². The Morgan fingerprint density at radius 3 is 0.795 bits per heavy atom. The number of carbonyl (C=O) groups excluding carboxylic acids is 3. The van der Waals surface area contributed by atoms with Gasteiger partial charge in [-0.1, -0.05) is 164 Å². The molecule has 6 atom stereocenters. The first-order chi connectivity index (χ1) is 38.4. The van der Waals surface area contributed by atoms with Crippen LogP contribution in [-0.2, 0) is 33.6 Å². The molecule has 6 aromatic carbocycles. The number of para-hydroxylation sites is 3. The van der Waals surface area contributed by atoms with Gasteiger partial charge in [-0.25, -0.2) is 14.4 Å². The van der Waals surface area contributed by atoms with Gasteiger partial charge in [0.25, 0.3) is 0 Å². The van der Waals surface area contributed by atoms with Crippen molar-refractivity contribution < 1.29 is 42.8 Å². The standard InChI is InChI=1S/C63H51N3O9S3/c67-58(70-46-28-13-4-14-29-46)55(49(52-34-19-37-76-52)40-43-22-7-1-8-23-43)73-61-64-62(74-56(59(68)71-47-30-15-5-16-31-47)50(53-35-20-38-77-53)41-44-24-9-2-10-25-44)66-63(65-61)75-57(60(69)72-48-32-17-6-18-33-48)51(54-36-21-39-78-54)42-45-26-11-3-12-27-45/h1-39,49-51,55-57H,40-42H2.